The van der Waals surface area contributed by atoms with Crippen molar-refractivity contribution in [3.8, 4) is 0 Å². The van der Waals surface area contributed by atoms with Gasteiger partial charge >= 0.3 is 0 Å². The van der Waals surface area contributed by atoms with Crippen LogP contribution in [0.2, 0.25) is 0 Å². The van der Waals surface area contributed by atoms with E-state index in [1.807, 2.05) is 39.0 Å². The Hall–Kier alpha value is -1.66. The summed E-state index contributed by atoms with van der Waals surface area (Å²) in [5.41, 5.74) is 2.93. The largest absolute Gasteiger partial charge is 0.269 e. The molecular formula is C17H17BrN2O2S. The number of halogens is 1. The van der Waals surface area contributed by atoms with Crippen molar-refractivity contribution in [3.63, 3.8) is 0 Å². The molecule has 2 aromatic carbocycles. The minimum absolute atomic E-state index is 0.0893. The number of aromatic nitrogens is 2. The van der Waals surface area contributed by atoms with E-state index in [2.05, 4.69) is 20.9 Å². The maximum Gasteiger partial charge on any atom is 0.269 e. The predicted molar refractivity (Wildman–Crippen MR) is 95.3 cm³/mol. The third-order valence-electron chi connectivity index (χ3n) is 3.87. The second kappa shape index (κ2) is 5.76. The van der Waals surface area contributed by atoms with E-state index in [4.69, 9.17) is 0 Å². The Morgan fingerprint density at radius 2 is 1.87 bits per heavy atom. The third-order valence-corrected chi connectivity index (χ3v) is 6.44. The Labute approximate surface area is 144 Å². The second-order valence-electron chi connectivity index (χ2n) is 5.83. The van der Waals surface area contributed by atoms with Crippen LogP contribution in [0.15, 0.2) is 52.1 Å². The van der Waals surface area contributed by atoms with Gasteiger partial charge in [-0.1, -0.05) is 41.9 Å². The molecule has 0 N–H and O–H groups in total. The van der Waals surface area contributed by atoms with Crippen LogP contribution < -0.4 is 0 Å². The lowest BCUT2D eigenvalue weighted by atomic mass is 10.0. The molecular weight excluding hydrogens is 376 g/mol. The number of para-hydroxylation sites is 2. The fraction of sp³-hybridized carbons (Fsp3) is 0.235. The van der Waals surface area contributed by atoms with E-state index in [0.29, 0.717) is 15.9 Å². The van der Waals surface area contributed by atoms with Crippen molar-refractivity contribution in [1.29, 1.82) is 0 Å². The fourth-order valence-electron chi connectivity index (χ4n) is 2.58. The zero-order valence-electron chi connectivity index (χ0n) is 13.1. The first-order valence-corrected chi connectivity index (χ1v) is 9.53. The summed E-state index contributed by atoms with van der Waals surface area (Å²) < 4.78 is 28.6. The van der Waals surface area contributed by atoms with Crippen molar-refractivity contribution in [2.45, 2.75) is 31.6 Å². The highest BCUT2D eigenvalue weighted by molar-refractivity contribution is 9.10. The highest BCUT2D eigenvalue weighted by Gasteiger charge is 2.25. The van der Waals surface area contributed by atoms with Gasteiger partial charge in [0.2, 0.25) is 0 Å². The second-order valence-corrected chi connectivity index (χ2v) is 8.47. The summed E-state index contributed by atoms with van der Waals surface area (Å²) in [6.45, 7) is 5.86. The lowest BCUT2D eigenvalue weighted by Crippen LogP contribution is -2.15. The van der Waals surface area contributed by atoms with E-state index in [-0.39, 0.29) is 5.92 Å². The van der Waals surface area contributed by atoms with Gasteiger partial charge in [-0.3, -0.25) is 0 Å². The van der Waals surface area contributed by atoms with Crippen LogP contribution in [0.3, 0.4) is 0 Å². The number of rotatable bonds is 3. The number of benzene rings is 2. The normalized spacial score (nSPS) is 12.2. The number of hydrogen-bond acceptors (Lipinski definition) is 3. The molecule has 4 nitrogen and oxygen atoms in total. The molecule has 3 aromatic rings. The first-order valence-electron chi connectivity index (χ1n) is 7.30. The molecule has 3 rings (SSSR count). The van der Waals surface area contributed by atoms with Gasteiger partial charge in [0.05, 0.1) is 15.9 Å². The molecule has 0 aliphatic rings. The molecule has 0 atom stereocenters. The predicted octanol–water partition coefficient (Wildman–Crippen LogP) is 4.47. The van der Waals surface area contributed by atoms with Gasteiger partial charge in [-0.25, -0.2) is 17.4 Å². The molecule has 120 valence electrons. The quantitative estimate of drug-likeness (QED) is 0.660. The number of aryl methyl sites for hydroxylation is 1. The Balaban J connectivity index is 2.31. The fourth-order valence-corrected chi connectivity index (χ4v) is 4.65. The molecule has 0 aliphatic heterocycles. The minimum atomic E-state index is -3.70. The summed E-state index contributed by atoms with van der Waals surface area (Å²) in [6.07, 6.45) is 1.38. The molecule has 0 saturated heterocycles. The molecule has 0 radical (unpaired) electrons. The van der Waals surface area contributed by atoms with E-state index in [1.54, 1.807) is 18.2 Å². The van der Waals surface area contributed by atoms with Crippen LogP contribution in [0.5, 0.6) is 0 Å². The number of hydrogen-bond donors (Lipinski definition) is 0. The summed E-state index contributed by atoms with van der Waals surface area (Å²) in [7, 11) is -3.70. The molecule has 6 heteroatoms. The molecule has 1 aromatic heterocycles. The van der Waals surface area contributed by atoms with Gasteiger partial charge in [-0.2, -0.15) is 0 Å². The smallest absolute Gasteiger partial charge is 0.236 e. The number of imidazole rings is 1. The van der Waals surface area contributed by atoms with Crippen LogP contribution in [0.25, 0.3) is 11.0 Å². The molecule has 1 heterocycles. The topological polar surface area (TPSA) is 52.0 Å². The van der Waals surface area contributed by atoms with Gasteiger partial charge in [0.1, 0.15) is 6.33 Å². The summed E-state index contributed by atoms with van der Waals surface area (Å²) in [5, 5.41) is 0. The first kappa shape index (κ1) is 16.2. The van der Waals surface area contributed by atoms with Crippen LogP contribution in [-0.2, 0) is 10.0 Å². The van der Waals surface area contributed by atoms with Crippen LogP contribution in [0.1, 0.15) is 30.9 Å². The number of nitrogens with zero attached hydrogens (tertiary/aromatic N) is 2. The van der Waals surface area contributed by atoms with Crippen molar-refractivity contribution in [1.82, 2.24) is 8.96 Å². The Bertz CT molecular complexity index is 991. The zero-order valence-corrected chi connectivity index (χ0v) is 15.5. The van der Waals surface area contributed by atoms with Crippen molar-refractivity contribution in [3.05, 3.63) is 58.3 Å². The number of fused-ring (bicyclic) bond motifs is 1. The Morgan fingerprint density at radius 1 is 1.17 bits per heavy atom. The molecule has 0 saturated carbocycles. The molecule has 0 bridgehead atoms. The summed E-state index contributed by atoms with van der Waals surface area (Å²) >= 11 is 3.49. The van der Waals surface area contributed by atoms with Crippen molar-refractivity contribution >= 4 is 37.0 Å². The Kier molecular flexibility index (Phi) is 4.06. The van der Waals surface area contributed by atoms with Crippen LogP contribution in [-0.4, -0.2) is 17.4 Å². The van der Waals surface area contributed by atoms with Gasteiger partial charge in [-0.05, 0) is 48.2 Å². The van der Waals surface area contributed by atoms with Crippen molar-refractivity contribution in [2.24, 2.45) is 0 Å². The van der Waals surface area contributed by atoms with Crippen LogP contribution >= 0.6 is 15.9 Å². The van der Waals surface area contributed by atoms with E-state index < -0.39 is 10.0 Å². The first-order chi connectivity index (χ1) is 10.8. The van der Waals surface area contributed by atoms with Crippen LogP contribution in [0, 0.1) is 6.92 Å². The summed E-state index contributed by atoms with van der Waals surface area (Å²) in [5.74, 6) is 0.0893. The molecule has 0 aliphatic carbocycles. The van der Waals surface area contributed by atoms with Crippen molar-refractivity contribution < 1.29 is 8.42 Å². The zero-order chi connectivity index (χ0) is 16.8. The lowest BCUT2D eigenvalue weighted by molar-refractivity contribution is 0.586. The van der Waals surface area contributed by atoms with Gasteiger partial charge in [0, 0.05) is 4.47 Å². The maximum atomic E-state index is 13.2. The molecule has 0 fully saturated rings. The van der Waals surface area contributed by atoms with Crippen molar-refractivity contribution in [2.75, 3.05) is 0 Å². The van der Waals surface area contributed by atoms with Crippen LogP contribution in [0.4, 0.5) is 0 Å². The summed E-state index contributed by atoms with van der Waals surface area (Å²) in [4.78, 5) is 4.53. The molecule has 0 amide bonds. The maximum absolute atomic E-state index is 13.2. The third kappa shape index (κ3) is 2.70. The molecule has 0 unspecified atom stereocenters. The minimum Gasteiger partial charge on any atom is -0.236 e. The van der Waals surface area contributed by atoms with Gasteiger partial charge in [0.15, 0.2) is 0 Å². The Morgan fingerprint density at radius 3 is 2.57 bits per heavy atom. The van der Waals surface area contributed by atoms with E-state index in [1.165, 1.54) is 10.3 Å². The van der Waals surface area contributed by atoms with Gasteiger partial charge in [0.25, 0.3) is 10.0 Å². The van der Waals surface area contributed by atoms with E-state index in [0.717, 1.165) is 15.6 Å². The van der Waals surface area contributed by atoms with E-state index in [9.17, 15) is 8.42 Å². The molecule has 23 heavy (non-hydrogen) atoms. The monoisotopic (exact) mass is 392 g/mol. The molecule has 0 spiro atoms. The average Bonchev–Trinajstić information content (AvgIpc) is 2.94. The highest BCUT2D eigenvalue weighted by Crippen LogP contribution is 2.32. The average molecular weight is 393 g/mol. The SMILES string of the molecule is Cc1cc(S(=O)(=O)n2cnc3ccccc32)c(C(C)C)cc1Br. The lowest BCUT2D eigenvalue weighted by Gasteiger charge is -2.16. The van der Waals surface area contributed by atoms with Gasteiger partial charge in [-0.15, -0.1) is 0 Å². The standard InChI is InChI=1S/C17H17BrN2O2S/c1-11(2)13-9-14(18)12(3)8-17(13)23(21,22)20-10-19-15-6-4-5-7-16(15)20/h4-11H,1-3H3. The van der Waals surface area contributed by atoms with E-state index >= 15 is 0 Å². The van der Waals surface area contributed by atoms with Gasteiger partial charge < -0.3 is 0 Å². The highest BCUT2D eigenvalue weighted by atomic mass is 79.9. The summed E-state index contributed by atoms with van der Waals surface area (Å²) in [6, 6.07) is 10.8.